The first-order chi connectivity index (χ1) is 11.7. The lowest BCUT2D eigenvalue weighted by Gasteiger charge is -2.33. The molecule has 7 heteroatoms. The van der Waals surface area contributed by atoms with Gasteiger partial charge in [-0.3, -0.25) is 4.79 Å². The number of aromatic nitrogens is 3. The Hall–Kier alpha value is -1.99. The minimum Gasteiger partial charge on any atom is -0.371 e. The van der Waals surface area contributed by atoms with Crippen LogP contribution in [0.5, 0.6) is 0 Å². The van der Waals surface area contributed by atoms with Crippen LogP contribution in [0.2, 0.25) is 0 Å². The van der Waals surface area contributed by atoms with E-state index in [2.05, 4.69) is 19.9 Å². The van der Waals surface area contributed by atoms with Gasteiger partial charge in [-0.05, 0) is 25.0 Å². The molecule has 1 atom stereocenters. The lowest BCUT2D eigenvalue weighted by Crippen LogP contribution is -2.46. The zero-order chi connectivity index (χ0) is 16.5. The Labute approximate surface area is 141 Å². The summed E-state index contributed by atoms with van der Waals surface area (Å²) in [6.07, 6.45) is 3.82. The predicted octanol–water partition coefficient (Wildman–Crippen LogP) is 1.10. The van der Waals surface area contributed by atoms with E-state index in [-0.39, 0.29) is 11.9 Å². The van der Waals surface area contributed by atoms with Gasteiger partial charge in [0.2, 0.25) is 5.91 Å². The van der Waals surface area contributed by atoms with Gasteiger partial charge in [-0.1, -0.05) is 0 Å². The summed E-state index contributed by atoms with van der Waals surface area (Å²) in [5.41, 5.74) is 1.87. The first kappa shape index (κ1) is 15.5. The zero-order valence-corrected chi connectivity index (χ0v) is 13.9. The number of amides is 1. The van der Waals surface area contributed by atoms with Crippen LogP contribution < -0.4 is 5.32 Å². The van der Waals surface area contributed by atoms with E-state index in [9.17, 15) is 4.79 Å². The number of hydrogen-bond acceptors (Lipinski definition) is 5. The Kier molecular flexibility index (Phi) is 4.20. The Morgan fingerprint density at radius 1 is 1.42 bits per heavy atom. The summed E-state index contributed by atoms with van der Waals surface area (Å²) >= 11 is 0. The quantitative estimate of drug-likeness (QED) is 0.913. The Bertz CT molecular complexity index is 736. The fourth-order valence-electron chi connectivity index (χ4n) is 3.67. The highest BCUT2D eigenvalue weighted by Gasteiger charge is 2.26. The van der Waals surface area contributed by atoms with E-state index in [1.807, 2.05) is 23.2 Å². The third-order valence-electron chi connectivity index (χ3n) is 5.01. The molecule has 1 saturated heterocycles. The maximum Gasteiger partial charge on any atom is 0.219 e. The lowest BCUT2D eigenvalue weighted by molar-refractivity contribution is -0.129. The van der Waals surface area contributed by atoms with Crippen molar-refractivity contribution < 1.29 is 9.53 Å². The normalized spacial score (nSPS) is 21.9. The summed E-state index contributed by atoms with van der Waals surface area (Å²) in [5, 5.41) is 3.65. The van der Waals surface area contributed by atoms with Crippen molar-refractivity contribution in [2.75, 3.05) is 26.2 Å². The van der Waals surface area contributed by atoms with Crippen LogP contribution in [-0.4, -0.2) is 57.6 Å². The fourth-order valence-corrected chi connectivity index (χ4v) is 3.67. The van der Waals surface area contributed by atoms with Gasteiger partial charge < -0.3 is 19.5 Å². The first-order valence-corrected chi connectivity index (χ1v) is 8.61. The van der Waals surface area contributed by atoms with Crippen molar-refractivity contribution in [1.29, 1.82) is 0 Å². The second kappa shape index (κ2) is 6.49. The Morgan fingerprint density at radius 2 is 2.25 bits per heavy atom. The van der Waals surface area contributed by atoms with Gasteiger partial charge in [-0.2, -0.15) is 0 Å². The van der Waals surface area contributed by atoms with Crippen LogP contribution in [0.4, 0.5) is 0 Å². The molecule has 0 aliphatic carbocycles. The van der Waals surface area contributed by atoms with Crippen molar-refractivity contribution in [1.82, 2.24) is 24.8 Å². The predicted molar refractivity (Wildman–Crippen MR) is 89.5 cm³/mol. The number of carbonyl (C=O) groups excluding carboxylic acids is 1. The van der Waals surface area contributed by atoms with Crippen LogP contribution in [0.3, 0.4) is 0 Å². The van der Waals surface area contributed by atoms with Gasteiger partial charge in [0, 0.05) is 38.8 Å². The maximum atomic E-state index is 11.4. The van der Waals surface area contributed by atoms with Crippen LogP contribution in [0.25, 0.3) is 11.2 Å². The highest BCUT2D eigenvalue weighted by molar-refractivity contribution is 5.73. The number of nitrogens with zero attached hydrogens (tertiary/aromatic N) is 4. The van der Waals surface area contributed by atoms with Crippen LogP contribution in [0.1, 0.15) is 31.6 Å². The molecule has 0 bridgehead atoms. The van der Waals surface area contributed by atoms with E-state index in [4.69, 9.17) is 4.74 Å². The van der Waals surface area contributed by atoms with Gasteiger partial charge in [0.1, 0.15) is 17.9 Å². The highest BCUT2D eigenvalue weighted by atomic mass is 16.5. The van der Waals surface area contributed by atoms with E-state index in [1.165, 1.54) is 0 Å². The van der Waals surface area contributed by atoms with Crippen molar-refractivity contribution in [2.45, 2.75) is 38.5 Å². The average molecular weight is 329 g/mol. The smallest absolute Gasteiger partial charge is 0.219 e. The van der Waals surface area contributed by atoms with E-state index < -0.39 is 0 Å². The molecule has 1 amide bonds. The Morgan fingerprint density at radius 3 is 3.04 bits per heavy atom. The molecule has 4 heterocycles. The van der Waals surface area contributed by atoms with Crippen LogP contribution in [-0.2, 0) is 16.1 Å². The monoisotopic (exact) mass is 329 g/mol. The molecule has 0 saturated carbocycles. The lowest BCUT2D eigenvalue weighted by atomic mass is 10.0. The van der Waals surface area contributed by atoms with E-state index in [0.717, 1.165) is 49.5 Å². The second-order valence-electron chi connectivity index (χ2n) is 6.60. The molecule has 1 N–H and O–H groups in total. The molecule has 0 spiro atoms. The summed E-state index contributed by atoms with van der Waals surface area (Å²) in [4.78, 5) is 22.5. The van der Waals surface area contributed by atoms with Crippen LogP contribution in [0, 0.1) is 0 Å². The number of nitrogens with one attached hydrogen (secondary N) is 1. The van der Waals surface area contributed by atoms with Gasteiger partial charge in [0.25, 0.3) is 0 Å². The van der Waals surface area contributed by atoms with E-state index in [0.29, 0.717) is 19.3 Å². The summed E-state index contributed by atoms with van der Waals surface area (Å²) in [6, 6.07) is 4.57. The number of fused-ring (bicyclic) bond motifs is 3. The third kappa shape index (κ3) is 2.89. The fraction of sp³-hybridized carbons (Fsp3) is 0.588. The van der Waals surface area contributed by atoms with Gasteiger partial charge in [-0.15, -0.1) is 0 Å². The molecule has 128 valence electrons. The highest BCUT2D eigenvalue weighted by Crippen LogP contribution is 2.24. The molecule has 2 aliphatic heterocycles. The zero-order valence-electron chi connectivity index (χ0n) is 13.9. The number of ether oxygens (including phenoxy) is 1. The van der Waals surface area contributed by atoms with Crippen molar-refractivity contribution in [3.8, 4) is 0 Å². The average Bonchev–Trinajstić information content (AvgIpc) is 2.99. The molecule has 4 rings (SSSR count). The molecule has 1 unspecified atom stereocenters. The van der Waals surface area contributed by atoms with Crippen molar-refractivity contribution in [3.05, 3.63) is 24.2 Å². The number of carbonyl (C=O) groups is 1. The minimum atomic E-state index is 0.176. The number of likely N-dealkylation sites (tertiary alicyclic amines) is 1. The van der Waals surface area contributed by atoms with E-state index >= 15 is 0 Å². The topological polar surface area (TPSA) is 72.3 Å². The molecule has 0 aromatic carbocycles. The molecule has 2 aliphatic rings. The summed E-state index contributed by atoms with van der Waals surface area (Å²) in [7, 11) is 0. The molecular weight excluding hydrogens is 306 g/mol. The molecule has 24 heavy (non-hydrogen) atoms. The summed E-state index contributed by atoms with van der Waals surface area (Å²) in [5.74, 6) is 1.13. The largest absolute Gasteiger partial charge is 0.371 e. The third-order valence-corrected chi connectivity index (χ3v) is 5.01. The summed E-state index contributed by atoms with van der Waals surface area (Å²) < 4.78 is 7.94. The Balaban J connectivity index is 1.43. The molecular formula is C17H23N5O2. The van der Waals surface area contributed by atoms with Gasteiger partial charge in [0.15, 0.2) is 5.65 Å². The van der Waals surface area contributed by atoms with Crippen molar-refractivity contribution in [2.24, 2.45) is 0 Å². The summed E-state index contributed by atoms with van der Waals surface area (Å²) in [6.45, 7) is 5.38. The van der Waals surface area contributed by atoms with E-state index in [1.54, 1.807) is 6.92 Å². The number of rotatable bonds is 3. The maximum absolute atomic E-state index is 11.4. The molecule has 2 aromatic heterocycles. The van der Waals surface area contributed by atoms with Crippen molar-refractivity contribution in [3.63, 3.8) is 0 Å². The number of pyridine rings is 1. The molecule has 1 fully saturated rings. The molecule has 2 aromatic rings. The SMILES string of the molecule is CC(=O)N1CCC(NCC2COCc3nc4cccnc4n32)CC1. The van der Waals surface area contributed by atoms with Gasteiger partial charge in [0.05, 0.1) is 12.6 Å². The van der Waals surface area contributed by atoms with Crippen LogP contribution in [0.15, 0.2) is 18.3 Å². The van der Waals surface area contributed by atoms with Gasteiger partial charge in [-0.25, -0.2) is 9.97 Å². The number of imidazole rings is 1. The minimum absolute atomic E-state index is 0.176. The number of piperidine rings is 1. The first-order valence-electron chi connectivity index (χ1n) is 8.61. The van der Waals surface area contributed by atoms with Crippen LogP contribution >= 0.6 is 0 Å². The van der Waals surface area contributed by atoms with Gasteiger partial charge >= 0.3 is 0 Å². The standard InChI is InChI=1S/C17H23N5O2/c1-12(23)21-7-4-13(5-8-21)19-9-14-10-24-11-16-20-15-3-2-6-18-17(15)22(14)16/h2-3,6,13-14,19H,4-5,7-11H2,1H3. The molecule has 0 radical (unpaired) electrons. The van der Waals surface area contributed by atoms with Crippen molar-refractivity contribution >= 4 is 17.1 Å². The second-order valence-corrected chi connectivity index (χ2v) is 6.60. The number of hydrogen-bond donors (Lipinski definition) is 1. The molecule has 7 nitrogen and oxygen atoms in total.